The number of hydrogen-bond donors (Lipinski definition) is 1. The first-order valence-electron chi connectivity index (χ1n) is 3.79. The normalized spacial score (nSPS) is 23.3. The van der Waals surface area contributed by atoms with Gasteiger partial charge < -0.3 is 4.55 Å². The molecule has 1 atom stereocenters. The molecule has 1 heterocycles. The van der Waals surface area contributed by atoms with Crippen LogP contribution in [0.4, 0.5) is 0 Å². The molecule has 68 valence electrons. The van der Waals surface area contributed by atoms with Crippen molar-refractivity contribution in [1.82, 2.24) is 9.84 Å². The molecule has 0 saturated carbocycles. The van der Waals surface area contributed by atoms with Gasteiger partial charge >= 0.3 is 0 Å². The monoisotopic (exact) mass is 187 g/mol. The minimum atomic E-state index is -2.20. The van der Waals surface area contributed by atoms with Crippen LogP contribution in [0.3, 0.4) is 0 Å². The molecule has 0 radical (unpaired) electrons. The summed E-state index contributed by atoms with van der Waals surface area (Å²) in [6.07, 6.45) is 6.96. The first-order chi connectivity index (χ1) is 5.72. The number of nitrogens with one attached hydrogen (secondary N) is 1. The third-order valence-corrected chi connectivity index (χ3v) is 2.34. The molecule has 0 aromatic carbocycles. The lowest BCUT2D eigenvalue weighted by atomic mass is 9.99. The third-order valence-electron chi connectivity index (χ3n) is 1.93. The molecule has 0 aromatic rings. The molecular formula is C7H11N2O2S-. The second-order valence-electron chi connectivity index (χ2n) is 2.75. The van der Waals surface area contributed by atoms with Crippen LogP contribution in [0, 0.1) is 18.3 Å². The van der Waals surface area contributed by atoms with Crippen LogP contribution in [0.5, 0.6) is 0 Å². The van der Waals surface area contributed by atoms with E-state index in [4.69, 9.17) is 6.42 Å². The van der Waals surface area contributed by atoms with Gasteiger partial charge in [-0.1, -0.05) is 0 Å². The van der Waals surface area contributed by atoms with Crippen molar-refractivity contribution in [3.05, 3.63) is 0 Å². The lowest BCUT2D eigenvalue weighted by Crippen LogP contribution is -2.44. The molecule has 0 aliphatic carbocycles. The maximum atomic E-state index is 10.2. The van der Waals surface area contributed by atoms with Gasteiger partial charge in [0.1, 0.15) is 0 Å². The Morgan fingerprint density at radius 2 is 2.17 bits per heavy atom. The fraction of sp³-hybridized carbons (Fsp3) is 0.714. The molecule has 0 bridgehead atoms. The summed E-state index contributed by atoms with van der Waals surface area (Å²) in [5, 5.41) is 1.66. The smallest absolute Gasteiger partial charge is 0.0326 e. The Kier molecular flexibility index (Phi) is 3.69. The molecule has 1 aliphatic rings. The summed E-state index contributed by atoms with van der Waals surface area (Å²) in [7, 11) is 0. The lowest BCUT2D eigenvalue weighted by Gasteiger charge is -2.30. The number of rotatable bonds is 2. The van der Waals surface area contributed by atoms with Gasteiger partial charge in [-0.3, -0.25) is 4.21 Å². The molecule has 1 rings (SSSR count). The molecule has 12 heavy (non-hydrogen) atoms. The van der Waals surface area contributed by atoms with Crippen molar-refractivity contribution in [2.45, 2.75) is 12.8 Å². The maximum Gasteiger partial charge on any atom is 0.0326 e. The summed E-state index contributed by atoms with van der Waals surface area (Å²) in [5.41, 5.74) is 0. The van der Waals surface area contributed by atoms with Crippen LogP contribution in [0.15, 0.2) is 0 Å². The first kappa shape index (κ1) is 9.68. The number of hydrogen-bond acceptors (Lipinski definition) is 3. The summed E-state index contributed by atoms with van der Waals surface area (Å²) < 4.78 is 20.5. The van der Waals surface area contributed by atoms with E-state index in [-0.39, 0.29) is 0 Å². The second kappa shape index (κ2) is 4.58. The van der Waals surface area contributed by atoms with E-state index in [1.165, 1.54) is 0 Å². The predicted molar refractivity (Wildman–Crippen MR) is 45.2 cm³/mol. The molecule has 1 fully saturated rings. The predicted octanol–water partition coefficient (Wildman–Crippen LogP) is -0.370. The highest BCUT2D eigenvalue weighted by atomic mass is 32.2. The SMILES string of the molecule is C#CC1CCN(NS(=O)[O-])CC1. The number of nitrogens with zero attached hydrogens (tertiary/aromatic N) is 1. The van der Waals surface area contributed by atoms with Crippen LogP contribution in [-0.4, -0.2) is 26.9 Å². The zero-order chi connectivity index (χ0) is 8.97. The number of terminal acetylenes is 1. The molecule has 0 amide bonds. The molecule has 4 nitrogen and oxygen atoms in total. The summed E-state index contributed by atoms with van der Waals surface area (Å²) in [6.45, 7) is 1.39. The molecular weight excluding hydrogens is 176 g/mol. The third kappa shape index (κ3) is 2.91. The average molecular weight is 187 g/mol. The highest BCUT2D eigenvalue weighted by Crippen LogP contribution is 2.13. The van der Waals surface area contributed by atoms with E-state index in [9.17, 15) is 8.76 Å². The van der Waals surface area contributed by atoms with E-state index >= 15 is 0 Å². The molecule has 1 aliphatic heterocycles. The van der Waals surface area contributed by atoms with Gasteiger partial charge in [0.2, 0.25) is 0 Å². The Balaban J connectivity index is 2.27. The molecule has 1 unspecified atom stereocenters. The molecule has 0 spiro atoms. The molecule has 1 N–H and O–H groups in total. The van der Waals surface area contributed by atoms with Gasteiger partial charge in [-0.05, 0) is 12.8 Å². The van der Waals surface area contributed by atoms with E-state index in [1.54, 1.807) is 5.01 Å². The highest BCUT2D eigenvalue weighted by Gasteiger charge is 2.16. The zero-order valence-corrected chi connectivity index (χ0v) is 7.47. The van der Waals surface area contributed by atoms with E-state index < -0.39 is 11.3 Å². The van der Waals surface area contributed by atoms with Gasteiger partial charge in [-0.15, -0.1) is 12.3 Å². The van der Waals surface area contributed by atoms with Crippen molar-refractivity contribution in [3.63, 3.8) is 0 Å². The van der Waals surface area contributed by atoms with E-state index in [0.717, 1.165) is 12.8 Å². The topological polar surface area (TPSA) is 55.4 Å². The van der Waals surface area contributed by atoms with Crippen molar-refractivity contribution in [3.8, 4) is 12.3 Å². The van der Waals surface area contributed by atoms with Crippen molar-refractivity contribution >= 4 is 11.3 Å². The van der Waals surface area contributed by atoms with E-state index in [0.29, 0.717) is 19.0 Å². The van der Waals surface area contributed by atoms with Crippen LogP contribution in [-0.2, 0) is 11.3 Å². The Labute approximate surface area is 74.7 Å². The summed E-state index contributed by atoms with van der Waals surface area (Å²) >= 11 is -2.20. The van der Waals surface area contributed by atoms with Crippen molar-refractivity contribution in [2.75, 3.05) is 13.1 Å². The molecule has 0 aromatic heterocycles. The fourth-order valence-electron chi connectivity index (χ4n) is 1.24. The Hall–Kier alpha value is -0.410. The van der Waals surface area contributed by atoms with Crippen LogP contribution in [0.25, 0.3) is 0 Å². The molecule has 1 saturated heterocycles. The largest absolute Gasteiger partial charge is 0.759 e. The van der Waals surface area contributed by atoms with Crippen molar-refractivity contribution in [2.24, 2.45) is 5.92 Å². The standard InChI is InChI=1S/C7H12N2O2S/c1-2-7-3-5-9(6-4-7)8-12(10)11/h1,7-8H,3-6H2,(H,10,11)/p-1. The summed E-state index contributed by atoms with van der Waals surface area (Å²) in [5.74, 6) is 2.98. The Bertz CT molecular complexity index is 206. The maximum absolute atomic E-state index is 10.2. The number of hydrazine groups is 1. The van der Waals surface area contributed by atoms with Crippen molar-refractivity contribution < 1.29 is 8.76 Å². The van der Waals surface area contributed by atoms with Gasteiger partial charge in [-0.25, -0.2) is 5.01 Å². The second-order valence-corrected chi connectivity index (χ2v) is 3.41. The minimum Gasteiger partial charge on any atom is -0.759 e. The first-order valence-corrected chi connectivity index (χ1v) is 4.86. The zero-order valence-electron chi connectivity index (χ0n) is 6.66. The number of piperidine rings is 1. The van der Waals surface area contributed by atoms with Gasteiger partial charge in [0.15, 0.2) is 0 Å². The lowest BCUT2D eigenvalue weighted by molar-refractivity contribution is 0.178. The highest BCUT2D eigenvalue weighted by molar-refractivity contribution is 7.76. The quantitative estimate of drug-likeness (QED) is 0.474. The summed E-state index contributed by atoms with van der Waals surface area (Å²) in [6, 6.07) is 0. The van der Waals surface area contributed by atoms with Gasteiger partial charge in [-0.2, -0.15) is 4.83 Å². The van der Waals surface area contributed by atoms with Gasteiger partial charge in [0, 0.05) is 30.3 Å². The fourth-order valence-corrected chi connectivity index (χ4v) is 1.64. The minimum absolute atomic E-state index is 0.308. The Morgan fingerprint density at radius 3 is 2.58 bits per heavy atom. The van der Waals surface area contributed by atoms with Crippen molar-refractivity contribution in [1.29, 1.82) is 0 Å². The van der Waals surface area contributed by atoms with Gasteiger partial charge in [0.05, 0.1) is 0 Å². The molecule has 5 heteroatoms. The average Bonchev–Trinajstić information content (AvgIpc) is 2.05. The van der Waals surface area contributed by atoms with E-state index in [1.807, 2.05) is 0 Å². The van der Waals surface area contributed by atoms with Crippen LogP contribution >= 0.6 is 0 Å². The summed E-state index contributed by atoms with van der Waals surface area (Å²) in [4.78, 5) is 2.31. The van der Waals surface area contributed by atoms with Crippen LogP contribution in [0.1, 0.15) is 12.8 Å². The van der Waals surface area contributed by atoms with Crippen LogP contribution in [0.2, 0.25) is 0 Å². The van der Waals surface area contributed by atoms with E-state index in [2.05, 4.69) is 10.8 Å². The Morgan fingerprint density at radius 1 is 1.58 bits per heavy atom. The van der Waals surface area contributed by atoms with Gasteiger partial charge in [0.25, 0.3) is 0 Å². The van der Waals surface area contributed by atoms with Crippen LogP contribution < -0.4 is 4.83 Å².